The highest BCUT2D eigenvalue weighted by Gasteiger charge is 2.40. The lowest BCUT2D eigenvalue weighted by Gasteiger charge is -2.26. The number of ether oxygens (including phenoxy) is 3. The Balaban J connectivity index is 1.01. The summed E-state index contributed by atoms with van der Waals surface area (Å²) in [5.74, 6) is 2.69. The number of allylic oxidation sites excluding steroid dienone is 4. The van der Waals surface area contributed by atoms with E-state index < -0.39 is 0 Å². The van der Waals surface area contributed by atoms with E-state index in [4.69, 9.17) is 14.2 Å². The van der Waals surface area contributed by atoms with Gasteiger partial charge in [0, 0.05) is 16.2 Å². The van der Waals surface area contributed by atoms with Gasteiger partial charge >= 0.3 is 0 Å². The van der Waals surface area contributed by atoms with Gasteiger partial charge in [0.2, 0.25) is 0 Å². The smallest absolute Gasteiger partial charge is 0.119 e. The second kappa shape index (κ2) is 16.3. The van der Waals surface area contributed by atoms with Crippen LogP contribution in [0.3, 0.4) is 0 Å². The molecule has 3 heteroatoms. The molecule has 0 saturated carbocycles. The Morgan fingerprint density at radius 3 is 1.19 bits per heavy atom. The van der Waals surface area contributed by atoms with Crippen LogP contribution in [0, 0.1) is 0 Å². The minimum absolute atomic E-state index is 0.157. The predicted molar refractivity (Wildman–Crippen MR) is 304 cm³/mol. The van der Waals surface area contributed by atoms with Gasteiger partial charge in [-0.25, -0.2) is 0 Å². The topological polar surface area (TPSA) is 27.7 Å². The number of benzene rings is 9. The van der Waals surface area contributed by atoms with Crippen LogP contribution in [0.1, 0.15) is 93.3 Å². The van der Waals surface area contributed by atoms with E-state index in [1.54, 1.807) is 21.3 Å². The lowest BCUT2D eigenvalue weighted by atomic mass is 9.77. The molecule has 0 radical (unpaired) electrons. The Hall–Kier alpha value is -7.88. The van der Waals surface area contributed by atoms with Gasteiger partial charge in [-0.1, -0.05) is 126 Å². The van der Waals surface area contributed by atoms with Gasteiger partial charge in [0.1, 0.15) is 17.2 Å². The van der Waals surface area contributed by atoms with Crippen LogP contribution < -0.4 is 14.2 Å². The number of fused-ring (bicyclic) bond motifs is 9. The van der Waals surface area contributed by atoms with Crippen molar-refractivity contribution in [1.82, 2.24) is 0 Å². The molecule has 13 rings (SSSR count). The van der Waals surface area contributed by atoms with Crippen molar-refractivity contribution in [2.45, 2.75) is 70.6 Å². The first kappa shape index (κ1) is 45.0. The summed E-state index contributed by atoms with van der Waals surface area (Å²) in [4.78, 5) is 0. The molecular weight excluding hydrogens is 889 g/mol. The second-order valence-electron chi connectivity index (χ2n) is 22.4. The molecule has 0 bridgehead atoms. The zero-order chi connectivity index (χ0) is 50.1. The Morgan fingerprint density at radius 2 is 0.699 bits per heavy atom. The van der Waals surface area contributed by atoms with Crippen LogP contribution in [0.5, 0.6) is 17.2 Å². The average molecular weight is 949 g/mol. The van der Waals surface area contributed by atoms with Crippen LogP contribution in [0.4, 0.5) is 0 Å². The fourth-order valence-corrected chi connectivity index (χ4v) is 13.1. The molecule has 0 aromatic heterocycles. The highest BCUT2D eigenvalue weighted by molar-refractivity contribution is 5.94. The molecule has 0 fully saturated rings. The third kappa shape index (κ3) is 6.99. The van der Waals surface area contributed by atoms with Gasteiger partial charge in [-0.05, 0) is 237 Å². The zero-order valence-electron chi connectivity index (χ0n) is 43.4. The molecule has 0 atom stereocenters. The van der Waals surface area contributed by atoms with E-state index in [2.05, 4.69) is 217 Å². The summed E-state index contributed by atoms with van der Waals surface area (Å²) in [6.45, 7) is 14.2. The van der Waals surface area contributed by atoms with Gasteiger partial charge in [-0.2, -0.15) is 0 Å². The summed E-state index contributed by atoms with van der Waals surface area (Å²) in [5, 5.41) is 2.47. The minimum atomic E-state index is -0.197. The van der Waals surface area contributed by atoms with Crippen molar-refractivity contribution in [3.63, 3.8) is 0 Å². The van der Waals surface area contributed by atoms with E-state index in [-0.39, 0.29) is 16.2 Å². The van der Waals surface area contributed by atoms with E-state index >= 15 is 0 Å². The maximum atomic E-state index is 5.75. The summed E-state index contributed by atoms with van der Waals surface area (Å²) in [5.41, 5.74) is 27.7. The van der Waals surface area contributed by atoms with Crippen LogP contribution in [-0.4, -0.2) is 21.3 Å². The lowest BCUT2D eigenvalue weighted by Crippen LogP contribution is -2.17. The first-order valence-electron chi connectivity index (χ1n) is 25.8. The SMILES string of the molecule is COc1ccc2c(c1)C(C)(C)C1=C2CCC(c2cc(-c3cc(-c4ccc5c(c4)C(C)(C)c4cc(OC)ccc4-5)cc(-c4ccc5ccccc5c4)c3)cc(-c3ccc4c(c3)C(C)(C)c3cc(OC)ccc3-4)c2)=C1. The Labute approximate surface area is 430 Å². The molecule has 0 N–H and O–H groups in total. The molecule has 9 aromatic carbocycles. The summed E-state index contributed by atoms with van der Waals surface area (Å²) < 4.78 is 17.2. The molecule has 358 valence electrons. The molecule has 0 unspecified atom stereocenters. The molecule has 4 aliphatic rings. The fourth-order valence-electron chi connectivity index (χ4n) is 13.1. The maximum absolute atomic E-state index is 5.75. The predicted octanol–water partition coefficient (Wildman–Crippen LogP) is 18.1. The average Bonchev–Trinajstić information content (AvgIpc) is 3.90. The van der Waals surface area contributed by atoms with Crippen molar-refractivity contribution in [2.24, 2.45) is 0 Å². The lowest BCUT2D eigenvalue weighted by molar-refractivity contribution is 0.413. The molecule has 0 saturated heterocycles. The van der Waals surface area contributed by atoms with Crippen molar-refractivity contribution >= 4 is 21.9 Å². The van der Waals surface area contributed by atoms with Gasteiger partial charge in [-0.15, -0.1) is 0 Å². The first-order chi connectivity index (χ1) is 35.2. The molecule has 0 aliphatic heterocycles. The molecule has 0 spiro atoms. The van der Waals surface area contributed by atoms with Crippen molar-refractivity contribution in [2.75, 3.05) is 21.3 Å². The molecule has 9 aromatic rings. The monoisotopic (exact) mass is 948 g/mol. The molecule has 73 heavy (non-hydrogen) atoms. The molecular formula is C70H60O3. The summed E-state index contributed by atoms with van der Waals surface area (Å²) in [6, 6.07) is 64.2. The Morgan fingerprint density at radius 1 is 0.315 bits per heavy atom. The Kier molecular flexibility index (Phi) is 10.1. The number of hydrogen-bond donors (Lipinski definition) is 0. The van der Waals surface area contributed by atoms with E-state index in [1.165, 1.54) is 133 Å². The maximum Gasteiger partial charge on any atom is 0.119 e. The zero-order valence-corrected chi connectivity index (χ0v) is 43.4. The number of hydrogen-bond acceptors (Lipinski definition) is 3. The fraction of sp³-hybridized carbons (Fsp3) is 0.200. The van der Waals surface area contributed by atoms with Crippen molar-refractivity contribution in [3.8, 4) is 84.0 Å². The van der Waals surface area contributed by atoms with Gasteiger partial charge in [-0.3, -0.25) is 0 Å². The van der Waals surface area contributed by atoms with E-state index in [0.717, 1.165) is 30.1 Å². The highest BCUT2D eigenvalue weighted by Crippen LogP contribution is 2.55. The third-order valence-corrected chi connectivity index (χ3v) is 17.3. The van der Waals surface area contributed by atoms with Crippen molar-refractivity contribution < 1.29 is 14.2 Å². The van der Waals surface area contributed by atoms with Crippen molar-refractivity contribution in [1.29, 1.82) is 0 Å². The number of rotatable bonds is 8. The van der Waals surface area contributed by atoms with Crippen LogP contribution in [0.2, 0.25) is 0 Å². The van der Waals surface area contributed by atoms with E-state index in [1.807, 2.05) is 0 Å². The summed E-state index contributed by atoms with van der Waals surface area (Å²) in [6.07, 6.45) is 4.48. The quantitative estimate of drug-likeness (QED) is 0.152. The molecule has 4 aliphatic carbocycles. The molecule has 3 nitrogen and oxygen atoms in total. The highest BCUT2D eigenvalue weighted by atomic mass is 16.5. The van der Waals surface area contributed by atoms with Crippen molar-refractivity contribution in [3.05, 3.63) is 220 Å². The standard InChI is InChI=1S/C70H60O3/c1-68(2)62-35-44(16-22-56(62)59-25-19-53(71-7)38-65(59)68)48-29-47(43-15-14-41-12-10-11-13-42(41)28-43)31-51(32-48)52-33-49(45-17-23-57-60-26-20-54(72-8)39-66(60)69(3,4)63(57)36-45)30-50(34-52)46-18-24-58-61-27-21-55(73-9)40-67(61)70(5,6)64(58)37-46/h10-17,19-23,25-40H,18,24H2,1-9H3. The van der Waals surface area contributed by atoms with Gasteiger partial charge in [0.05, 0.1) is 21.3 Å². The van der Waals surface area contributed by atoms with Crippen LogP contribution in [-0.2, 0) is 16.2 Å². The van der Waals surface area contributed by atoms with E-state index in [9.17, 15) is 0 Å². The first-order valence-corrected chi connectivity index (χ1v) is 25.8. The van der Waals surface area contributed by atoms with E-state index in [0.29, 0.717) is 0 Å². The molecule has 0 amide bonds. The summed E-state index contributed by atoms with van der Waals surface area (Å²) >= 11 is 0. The molecule has 0 heterocycles. The summed E-state index contributed by atoms with van der Waals surface area (Å²) in [7, 11) is 5.28. The van der Waals surface area contributed by atoms with Crippen LogP contribution >= 0.6 is 0 Å². The van der Waals surface area contributed by atoms with Gasteiger partial charge in [0.25, 0.3) is 0 Å². The van der Waals surface area contributed by atoms with Crippen LogP contribution in [0.25, 0.3) is 88.7 Å². The number of methoxy groups -OCH3 is 3. The largest absolute Gasteiger partial charge is 0.497 e. The van der Waals surface area contributed by atoms with Gasteiger partial charge in [0.15, 0.2) is 0 Å². The third-order valence-electron chi connectivity index (χ3n) is 17.3. The Bertz CT molecular complexity index is 3890. The minimum Gasteiger partial charge on any atom is -0.497 e. The second-order valence-corrected chi connectivity index (χ2v) is 22.4. The van der Waals surface area contributed by atoms with Crippen LogP contribution in [0.15, 0.2) is 182 Å². The van der Waals surface area contributed by atoms with Gasteiger partial charge < -0.3 is 14.2 Å². The normalized spacial score (nSPS) is 16.0.